The van der Waals surface area contributed by atoms with Crippen LogP contribution in [0, 0.1) is 10.1 Å². The lowest BCUT2D eigenvalue weighted by Gasteiger charge is -2.02. The van der Waals surface area contributed by atoms with Crippen molar-refractivity contribution in [2.45, 2.75) is 6.92 Å². The zero-order chi connectivity index (χ0) is 11.1. The molecule has 0 aromatic heterocycles. The predicted molar refractivity (Wildman–Crippen MR) is 51.0 cm³/mol. The van der Waals surface area contributed by atoms with Gasteiger partial charge in [-0.1, -0.05) is 6.58 Å². The van der Waals surface area contributed by atoms with Crippen molar-refractivity contribution in [3.63, 3.8) is 0 Å². The van der Waals surface area contributed by atoms with E-state index in [0.717, 1.165) is 6.08 Å². The third-order valence-electron chi connectivity index (χ3n) is 1.46. The second kappa shape index (κ2) is 5.69. The summed E-state index contributed by atoms with van der Waals surface area (Å²) < 4.78 is 4.77. The average Bonchev–Trinajstić information content (AvgIpc) is 2.18. The molecule has 14 heavy (non-hydrogen) atoms. The maximum atomic E-state index is 10.4. The van der Waals surface area contributed by atoms with E-state index in [0.29, 0.717) is 6.29 Å². The second-order valence-corrected chi connectivity index (χ2v) is 2.33. The van der Waals surface area contributed by atoms with Crippen molar-refractivity contribution in [2.24, 2.45) is 0 Å². The van der Waals surface area contributed by atoms with Crippen LogP contribution >= 0.6 is 0 Å². The first-order valence-electron chi connectivity index (χ1n) is 3.77. The first-order chi connectivity index (χ1) is 6.56. The van der Waals surface area contributed by atoms with Crippen LogP contribution < -0.4 is 0 Å². The molecule has 0 aliphatic heterocycles. The summed E-state index contributed by atoms with van der Waals surface area (Å²) in [6.45, 7) is 4.90. The molecule has 0 saturated carbocycles. The molecule has 0 rings (SSSR count). The highest BCUT2D eigenvalue weighted by atomic mass is 16.6. The lowest BCUT2D eigenvalue weighted by atomic mass is 10.2. The Hall–Kier alpha value is -1.91. The molecule has 0 amide bonds. The third-order valence-corrected chi connectivity index (χ3v) is 1.46. The molecule has 0 N–H and O–H groups in total. The van der Waals surface area contributed by atoms with Crippen LogP contribution in [0.15, 0.2) is 35.8 Å². The number of nitrogens with zero attached hydrogens (tertiary/aromatic N) is 1. The van der Waals surface area contributed by atoms with Gasteiger partial charge in [0.05, 0.1) is 18.1 Å². The van der Waals surface area contributed by atoms with Crippen molar-refractivity contribution in [1.82, 2.24) is 0 Å². The molecule has 5 heteroatoms. The molecule has 0 bridgehead atoms. The van der Waals surface area contributed by atoms with Crippen molar-refractivity contribution < 1.29 is 14.5 Å². The van der Waals surface area contributed by atoms with Gasteiger partial charge in [-0.15, -0.1) is 0 Å². The van der Waals surface area contributed by atoms with Crippen LogP contribution in [0.3, 0.4) is 0 Å². The second-order valence-electron chi connectivity index (χ2n) is 2.33. The van der Waals surface area contributed by atoms with E-state index in [-0.39, 0.29) is 17.0 Å². The molecule has 0 aromatic rings. The molecule has 5 nitrogen and oxygen atoms in total. The van der Waals surface area contributed by atoms with Gasteiger partial charge in [-0.3, -0.25) is 14.9 Å². The van der Waals surface area contributed by atoms with Crippen molar-refractivity contribution in [3.8, 4) is 0 Å². The lowest BCUT2D eigenvalue weighted by molar-refractivity contribution is -0.419. The Labute approximate surface area is 81.5 Å². The summed E-state index contributed by atoms with van der Waals surface area (Å²) in [6.07, 6.45) is 2.93. The van der Waals surface area contributed by atoms with Gasteiger partial charge in [-0.25, -0.2) is 0 Å². The molecule has 76 valence electrons. The Morgan fingerprint density at radius 1 is 1.57 bits per heavy atom. The minimum Gasteiger partial charge on any atom is -0.496 e. The first kappa shape index (κ1) is 12.1. The Balaban J connectivity index is 5.01. The van der Waals surface area contributed by atoms with E-state index in [9.17, 15) is 14.9 Å². The highest BCUT2D eigenvalue weighted by molar-refractivity contribution is 5.78. The molecule has 0 heterocycles. The van der Waals surface area contributed by atoms with E-state index in [1.54, 1.807) is 0 Å². The molecule has 0 aliphatic rings. The van der Waals surface area contributed by atoms with Crippen LogP contribution in [-0.2, 0) is 9.53 Å². The van der Waals surface area contributed by atoms with Gasteiger partial charge >= 0.3 is 0 Å². The number of hydrogen-bond acceptors (Lipinski definition) is 4. The van der Waals surface area contributed by atoms with Crippen molar-refractivity contribution in [2.75, 3.05) is 7.11 Å². The maximum absolute atomic E-state index is 10.4. The molecule has 0 spiro atoms. The largest absolute Gasteiger partial charge is 0.496 e. The van der Waals surface area contributed by atoms with Crippen LogP contribution in [0.5, 0.6) is 0 Å². The standard InChI is InChI=1S/C9H11NO4/c1-4-8(10(12)13)5-9(14-3)7(2)6-11/h4-6H,2H2,1,3H3/b8-4+,9-5+. The number of hydrogen-bond donors (Lipinski definition) is 0. The van der Waals surface area contributed by atoms with Gasteiger partial charge in [0, 0.05) is 5.57 Å². The van der Waals surface area contributed by atoms with Gasteiger partial charge in [0.15, 0.2) is 6.29 Å². The molecular formula is C9H11NO4. The fourth-order valence-electron chi connectivity index (χ4n) is 0.717. The predicted octanol–water partition coefficient (Wildman–Crippen LogP) is 1.45. The van der Waals surface area contributed by atoms with Crippen molar-refractivity contribution >= 4 is 6.29 Å². The van der Waals surface area contributed by atoms with Crippen LogP contribution in [0.25, 0.3) is 0 Å². The maximum Gasteiger partial charge on any atom is 0.268 e. The summed E-state index contributed by atoms with van der Waals surface area (Å²) in [5.74, 6) is 0.0878. The summed E-state index contributed by atoms with van der Waals surface area (Å²) in [5.41, 5.74) is -0.0847. The number of methoxy groups -OCH3 is 1. The number of ether oxygens (including phenoxy) is 1. The zero-order valence-corrected chi connectivity index (χ0v) is 8.02. The topological polar surface area (TPSA) is 69.4 Å². The fraction of sp³-hybridized carbons (Fsp3) is 0.222. The smallest absolute Gasteiger partial charge is 0.268 e. The zero-order valence-electron chi connectivity index (χ0n) is 8.02. The number of carbonyl (C=O) groups excluding carboxylic acids is 1. The Kier molecular flexibility index (Phi) is 4.91. The fourth-order valence-corrected chi connectivity index (χ4v) is 0.717. The van der Waals surface area contributed by atoms with Crippen LogP contribution in [-0.4, -0.2) is 18.3 Å². The Morgan fingerprint density at radius 2 is 2.14 bits per heavy atom. The number of carbonyl (C=O) groups is 1. The van der Waals surface area contributed by atoms with Gasteiger partial charge < -0.3 is 4.74 Å². The minimum atomic E-state index is -0.572. The summed E-state index contributed by atoms with van der Waals surface area (Å²) in [7, 11) is 1.31. The normalized spacial score (nSPS) is 12.1. The lowest BCUT2D eigenvalue weighted by Crippen LogP contribution is -1.99. The number of aldehydes is 1. The van der Waals surface area contributed by atoms with Gasteiger partial charge in [0.2, 0.25) is 0 Å². The van der Waals surface area contributed by atoms with Crippen LogP contribution in [0.4, 0.5) is 0 Å². The molecule has 0 saturated heterocycles. The molecule has 0 fully saturated rings. The van der Waals surface area contributed by atoms with E-state index in [1.807, 2.05) is 0 Å². The van der Waals surface area contributed by atoms with Gasteiger partial charge in [-0.2, -0.15) is 0 Å². The van der Waals surface area contributed by atoms with Crippen molar-refractivity contribution in [1.29, 1.82) is 0 Å². The monoisotopic (exact) mass is 197 g/mol. The van der Waals surface area contributed by atoms with E-state index < -0.39 is 4.92 Å². The summed E-state index contributed by atoms with van der Waals surface area (Å²) in [4.78, 5) is 20.2. The highest BCUT2D eigenvalue weighted by Crippen LogP contribution is 2.10. The SMILES string of the molecule is C=C(C=O)/C(=C\C(=C/C)[N+](=O)[O-])OC. The molecule has 0 unspecified atom stereocenters. The van der Waals surface area contributed by atoms with E-state index in [1.165, 1.54) is 20.1 Å². The summed E-state index contributed by atoms with van der Waals surface area (Å²) >= 11 is 0. The van der Waals surface area contributed by atoms with E-state index in [4.69, 9.17) is 4.74 Å². The average molecular weight is 197 g/mol. The van der Waals surface area contributed by atoms with Crippen LogP contribution in [0.2, 0.25) is 0 Å². The molecule has 0 atom stereocenters. The molecular weight excluding hydrogens is 186 g/mol. The number of allylic oxidation sites excluding steroid dienone is 3. The number of nitro groups is 1. The Bertz CT molecular complexity index is 315. The molecule has 0 aliphatic carbocycles. The van der Waals surface area contributed by atoms with E-state index >= 15 is 0 Å². The van der Waals surface area contributed by atoms with Crippen LogP contribution in [0.1, 0.15) is 6.92 Å². The summed E-state index contributed by atoms with van der Waals surface area (Å²) in [5, 5.41) is 10.4. The molecule has 0 radical (unpaired) electrons. The Morgan fingerprint density at radius 3 is 2.43 bits per heavy atom. The summed E-state index contributed by atoms with van der Waals surface area (Å²) in [6, 6.07) is 0. The van der Waals surface area contributed by atoms with Crippen molar-refractivity contribution in [3.05, 3.63) is 45.9 Å². The van der Waals surface area contributed by atoms with Gasteiger partial charge in [0.25, 0.3) is 5.70 Å². The van der Waals surface area contributed by atoms with Gasteiger partial charge in [0.1, 0.15) is 5.76 Å². The number of rotatable bonds is 5. The highest BCUT2D eigenvalue weighted by Gasteiger charge is 2.09. The quantitative estimate of drug-likeness (QED) is 0.167. The third kappa shape index (κ3) is 3.22. The molecule has 0 aromatic carbocycles. The van der Waals surface area contributed by atoms with Gasteiger partial charge in [-0.05, 0) is 13.0 Å². The minimum absolute atomic E-state index is 0.0636. The first-order valence-corrected chi connectivity index (χ1v) is 3.77. The van der Waals surface area contributed by atoms with E-state index in [2.05, 4.69) is 6.58 Å².